The van der Waals surface area contributed by atoms with Crippen molar-refractivity contribution in [1.82, 2.24) is 4.90 Å². The quantitative estimate of drug-likeness (QED) is 0.927. The average molecular weight is 326 g/mol. The van der Waals surface area contributed by atoms with E-state index in [0.29, 0.717) is 25.9 Å². The number of hydrogen-bond donors (Lipinski definition) is 1. The fourth-order valence-corrected chi connectivity index (χ4v) is 2.65. The Labute approximate surface area is 120 Å². The van der Waals surface area contributed by atoms with Crippen LogP contribution in [0.15, 0.2) is 22.7 Å². The highest BCUT2D eigenvalue weighted by Crippen LogP contribution is 2.20. The molecule has 0 radical (unpaired) electrons. The summed E-state index contributed by atoms with van der Waals surface area (Å²) >= 11 is 3.45. The zero-order valence-corrected chi connectivity index (χ0v) is 12.3. The van der Waals surface area contributed by atoms with Gasteiger partial charge in [0.15, 0.2) is 0 Å². The molecule has 0 bridgehead atoms. The smallest absolute Gasteiger partial charge is 0.308 e. The van der Waals surface area contributed by atoms with Crippen LogP contribution in [0, 0.1) is 12.8 Å². The highest BCUT2D eigenvalue weighted by atomic mass is 79.9. The van der Waals surface area contributed by atoms with Crippen molar-refractivity contribution in [1.29, 1.82) is 0 Å². The first-order valence-corrected chi connectivity index (χ1v) is 7.02. The molecule has 1 unspecified atom stereocenters. The summed E-state index contributed by atoms with van der Waals surface area (Å²) in [6, 6.07) is 5.84. The van der Waals surface area contributed by atoms with Gasteiger partial charge in [-0.1, -0.05) is 28.1 Å². The van der Waals surface area contributed by atoms with E-state index in [1.54, 1.807) is 4.90 Å². The van der Waals surface area contributed by atoms with Crippen LogP contribution in [0.1, 0.15) is 17.5 Å². The van der Waals surface area contributed by atoms with E-state index in [9.17, 15) is 9.59 Å². The molecule has 102 valence electrons. The zero-order chi connectivity index (χ0) is 14.0. The van der Waals surface area contributed by atoms with Gasteiger partial charge in [0.25, 0.3) is 0 Å². The van der Waals surface area contributed by atoms with Crippen molar-refractivity contribution in [2.45, 2.75) is 19.8 Å². The van der Waals surface area contributed by atoms with Gasteiger partial charge < -0.3 is 10.0 Å². The normalized spacial score (nSPS) is 18.6. The van der Waals surface area contributed by atoms with Gasteiger partial charge in [-0.05, 0) is 30.5 Å². The molecule has 1 amide bonds. The summed E-state index contributed by atoms with van der Waals surface area (Å²) in [6.45, 7) is 2.87. The monoisotopic (exact) mass is 325 g/mol. The van der Waals surface area contributed by atoms with E-state index < -0.39 is 11.9 Å². The minimum absolute atomic E-state index is 0.000460. The van der Waals surface area contributed by atoms with E-state index in [2.05, 4.69) is 15.9 Å². The van der Waals surface area contributed by atoms with Gasteiger partial charge in [-0.3, -0.25) is 9.59 Å². The van der Waals surface area contributed by atoms with E-state index in [4.69, 9.17) is 5.11 Å². The van der Waals surface area contributed by atoms with E-state index in [0.717, 1.165) is 15.6 Å². The molecule has 1 fully saturated rings. The molecule has 4 nitrogen and oxygen atoms in total. The number of carbonyl (C=O) groups is 2. The summed E-state index contributed by atoms with van der Waals surface area (Å²) in [4.78, 5) is 24.6. The van der Waals surface area contributed by atoms with Crippen molar-refractivity contribution in [2.75, 3.05) is 13.1 Å². The molecule has 5 heteroatoms. The molecule has 0 saturated carbocycles. The fraction of sp³-hybridized carbons (Fsp3) is 0.429. The van der Waals surface area contributed by atoms with Crippen LogP contribution < -0.4 is 0 Å². The van der Waals surface area contributed by atoms with E-state index in [1.165, 1.54) is 0 Å². The average Bonchev–Trinajstić information content (AvgIpc) is 2.83. The Bertz CT molecular complexity index is 515. The topological polar surface area (TPSA) is 57.6 Å². The summed E-state index contributed by atoms with van der Waals surface area (Å²) < 4.78 is 0.989. The van der Waals surface area contributed by atoms with Gasteiger partial charge in [0.2, 0.25) is 5.91 Å². The molecular formula is C14H16BrNO3. The number of amides is 1. The molecule has 1 aromatic carbocycles. The first-order valence-electron chi connectivity index (χ1n) is 6.23. The summed E-state index contributed by atoms with van der Waals surface area (Å²) in [5.74, 6) is -1.22. The first kappa shape index (κ1) is 14.1. The lowest BCUT2D eigenvalue weighted by Gasteiger charge is -2.16. The number of rotatable bonds is 3. The Morgan fingerprint density at radius 2 is 2.21 bits per heavy atom. The van der Waals surface area contributed by atoms with Crippen molar-refractivity contribution in [2.24, 2.45) is 5.92 Å². The molecule has 0 aliphatic carbocycles. The molecule has 19 heavy (non-hydrogen) atoms. The van der Waals surface area contributed by atoms with Gasteiger partial charge in [0.1, 0.15) is 0 Å². The van der Waals surface area contributed by atoms with Crippen molar-refractivity contribution in [3.8, 4) is 0 Å². The summed E-state index contributed by atoms with van der Waals surface area (Å²) in [7, 11) is 0. The summed E-state index contributed by atoms with van der Waals surface area (Å²) in [6.07, 6.45) is 0.879. The van der Waals surface area contributed by atoms with Crippen LogP contribution in [0.2, 0.25) is 0 Å². The second-order valence-electron chi connectivity index (χ2n) is 4.92. The Morgan fingerprint density at radius 3 is 2.79 bits per heavy atom. The lowest BCUT2D eigenvalue weighted by molar-refractivity contribution is -0.141. The van der Waals surface area contributed by atoms with Crippen LogP contribution in [0.25, 0.3) is 0 Å². The third-order valence-corrected chi connectivity index (χ3v) is 4.34. The largest absolute Gasteiger partial charge is 0.481 e. The van der Waals surface area contributed by atoms with Crippen LogP contribution in [-0.2, 0) is 16.0 Å². The van der Waals surface area contributed by atoms with Crippen LogP contribution in [0.5, 0.6) is 0 Å². The predicted molar refractivity (Wildman–Crippen MR) is 74.9 cm³/mol. The van der Waals surface area contributed by atoms with Crippen molar-refractivity contribution < 1.29 is 14.7 Å². The van der Waals surface area contributed by atoms with Crippen molar-refractivity contribution >= 4 is 27.8 Å². The molecule has 1 aliphatic heterocycles. The van der Waals surface area contributed by atoms with Crippen LogP contribution >= 0.6 is 15.9 Å². The Hall–Kier alpha value is -1.36. The van der Waals surface area contributed by atoms with Gasteiger partial charge in [-0.25, -0.2) is 0 Å². The number of benzene rings is 1. The van der Waals surface area contributed by atoms with Crippen LogP contribution in [0.3, 0.4) is 0 Å². The Balaban J connectivity index is 1.98. The van der Waals surface area contributed by atoms with Gasteiger partial charge in [-0.15, -0.1) is 0 Å². The number of aliphatic carboxylic acids is 1. The first-order chi connectivity index (χ1) is 8.97. The molecule has 1 N–H and O–H groups in total. The lowest BCUT2D eigenvalue weighted by Crippen LogP contribution is -2.31. The van der Waals surface area contributed by atoms with Gasteiger partial charge >= 0.3 is 5.97 Å². The maximum atomic E-state index is 12.1. The fourth-order valence-electron chi connectivity index (χ4n) is 2.22. The van der Waals surface area contributed by atoms with E-state index in [1.807, 2.05) is 25.1 Å². The third kappa shape index (κ3) is 3.35. The molecule has 1 aliphatic rings. The Kier molecular flexibility index (Phi) is 4.24. The SMILES string of the molecule is Cc1ccc(CC(=O)N2CCC(C(=O)O)C2)cc1Br. The second kappa shape index (κ2) is 5.74. The highest BCUT2D eigenvalue weighted by molar-refractivity contribution is 9.10. The number of carboxylic acids is 1. The maximum absolute atomic E-state index is 12.1. The lowest BCUT2D eigenvalue weighted by atomic mass is 10.1. The molecule has 1 saturated heterocycles. The van der Waals surface area contributed by atoms with Crippen LogP contribution in [-0.4, -0.2) is 35.0 Å². The number of halogens is 1. The predicted octanol–water partition coefficient (Wildman–Crippen LogP) is 2.23. The molecule has 1 aromatic rings. The number of aryl methyl sites for hydroxylation is 1. The number of likely N-dealkylation sites (tertiary alicyclic amines) is 1. The number of hydrogen-bond acceptors (Lipinski definition) is 2. The number of carbonyl (C=O) groups excluding carboxylic acids is 1. The van der Waals surface area contributed by atoms with E-state index >= 15 is 0 Å². The molecule has 0 spiro atoms. The zero-order valence-electron chi connectivity index (χ0n) is 10.7. The summed E-state index contributed by atoms with van der Waals surface area (Å²) in [5, 5.41) is 8.93. The standard InChI is InChI=1S/C14H16BrNO3/c1-9-2-3-10(6-12(9)15)7-13(17)16-5-4-11(8-16)14(18)19/h2-3,6,11H,4-5,7-8H2,1H3,(H,18,19). The number of carboxylic acid groups (broad SMARTS) is 1. The molecular weight excluding hydrogens is 310 g/mol. The molecule has 2 rings (SSSR count). The number of nitrogens with zero attached hydrogens (tertiary/aromatic N) is 1. The second-order valence-corrected chi connectivity index (χ2v) is 5.78. The maximum Gasteiger partial charge on any atom is 0.308 e. The molecule has 1 heterocycles. The molecule has 0 aromatic heterocycles. The minimum atomic E-state index is -0.812. The molecule has 1 atom stereocenters. The van der Waals surface area contributed by atoms with Crippen molar-refractivity contribution in [3.05, 3.63) is 33.8 Å². The minimum Gasteiger partial charge on any atom is -0.481 e. The van der Waals surface area contributed by atoms with Crippen molar-refractivity contribution in [3.63, 3.8) is 0 Å². The van der Waals surface area contributed by atoms with Gasteiger partial charge in [-0.2, -0.15) is 0 Å². The third-order valence-electron chi connectivity index (χ3n) is 3.48. The summed E-state index contributed by atoms with van der Waals surface area (Å²) in [5.41, 5.74) is 2.07. The highest BCUT2D eigenvalue weighted by Gasteiger charge is 2.30. The Morgan fingerprint density at radius 1 is 1.47 bits per heavy atom. The van der Waals surface area contributed by atoms with Crippen LogP contribution in [0.4, 0.5) is 0 Å². The van der Waals surface area contributed by atoms with E-state index in [-0.39, 0.29) is 5.91 Å². The van der Waals surface area contributed by atoms with Gasteiger partial charge in [0.05, 0.1) is 12.3 Å². The van der Waals surface area contributed by atoms with Gasteiger partial charge in [0, 0.05) is 17.6 Å².